The molecule has 0 spiro atoms. The van der Waals surface area contributed by atoms with Crippen LogP contribution in [0.2, 0.25) is 0 Å². The lowest BCUT2D eigenvalue weighted by Crippen LogP contribution is -2.43. The Balaban J connectivity index is 1.47. The molecule has 3 aromatic carbocycles. The first kappa shape index (κ1) is 25.5. The molecule has 1 aliphatic heterocycles. The Bertz CT molecular complexity index is 1260. The van der Waals surface area contributed by atoms with Gasteiger partial charge in [-0.3, -0.25) is 14.5 Å². The van der Waals surface area contributed by atoms with E-state index in [1.807, 2.05) is 55.5 Å². The van der Waals surface area contributed by atoms with E-state index in [-0.39, 0.29) is 24.4 Å². The van der Waals surface area contributed by atoms with Crippen molar-refractivity contribution in [2.75, 3.05) is 18.1 Å². The van der Waals surface area contributed by atoms with Gasteiger partial charge in [-0.25, -0.2) is 4.39 Å². The largest absolute Gasteiger partial charge is 0.494 e. The van der Waals surface area contributed by atoms with Crippen molar-refractivity contribution >= 4 is 35.3 Å². The highest BCUT2D eigenvalue weighted by Gasteiger charge is 2.31. The minimum absolute atomic E-state index is 0.145. The topological polar surface area (TPSA) is 58.6 Å². The van der Waals surface area contributed by atoms with E-state index in [9.17, 15) is 14.0 Å². The number of hydrogen-bond donors (Lipinski definition) is 1. The number of nitrogens with one attached hydrogen (secondary N) is 1. The van der Waals surface area contributed by atoms with Crippen LogP contribution in [0.15, 0.2) is 82.6 Å². The Kier molecular flexibility index (Phi) is 8.44. The Morgan fingerprint density at radius 2 is 1.81 bits per heavy atom. The molecule has 1 atom stereocenters. The van der Waals surface area contributed by atoms with Gasteiger partial charge in [0.2, 0.25) is 5.91 Å². The lowest BCUT2D eigenvalue weighted by Gasteiger charge is -2.30. The third-order valence-electron chi connectivity index (χ3n) is 5.85. The van der Waals surface area contributed by atoms with E-state index in [1.165, 1.54) is 28.8 Å². The van der Waals surface area contributed by atoms with Crippen LogP contribution < -0.4 is 15.0 Å². The minimum atomic E-state index is -0.405. The molecule has 0 saturated heterocycles. The number of ether oxygens (including phenoxy) is 1. The Labute approximate surface area is 215 Å². The molecule has 2 amide bonds. The lowest BCUT2D eigenvalue weighted by molar-refractivity contribution is -0.122. The van der Waals surface area contributed by atoms with Gasteiger partial charge in [-0.05, 0) is 55.3 Å². The van der Waals surface area contributed by atoms with Crippen LogP contribution in [0, 0.1) is 5.82 Å². The van der Waals surface area contributed by atoms with E-state index in [4.69, 9.17) is 4.74 Å². The third-order valence-corrected chi connectivity index (χ3v) is 6.93. The van der Waals surface area contributed by atoms with Gasteiger partial charge in [0.05, 0.1) is 23.2 Å². The summed E-state index contributed by atoms with van der Waals surface area (Å²) in [6, 6.07) is 21.1. The zero-order valence-corrected chi connectivity index (χ0v) is 21.2. The number of benzene rings is 3. The molecule has 0 fully saturated rings. The predicted molar refractivity (Wildman–Crippen MR) is 142 cm³/mol. The number of thioether (sulfide) groups is 1. The number of carbonyl (C=O) groups excluding carboxylic acids is 2. The first-order chi connectivity index (χ1) is 17.5. The number of para-hydroxylation sites is 1. The van der Waals surface area contributed by atoms with Gasteiger partial charge in [-0.2, -0.15) is 0 Å². The molecule has 0 bridgehead atoms. The summed E-state index contributed by atoms with van der Waals surface area (Å²) in [7, 11) is 0. The molecular formula is C29H29FN2O3S. The van der Waals surface area contributed by atoms with Crippen LogP contribution in [0.25, 0.3) is 6.08 Å². The fourth-order valence-electron chi connectivity index (χ4n) is 3.85. The molecule has 0 saturated carbocycles. The number of anilines is 1. The number of hydrogen-bond acceptors (Lipinski definition) is 4. The molecule has 0 aliphatic carbocycles. The molecule has 7 heteroatoms. The monoisotopic (exact) mass is 504 g/mol. The average Bonchev–Trinajstić information content (AvgIpc) is 2.88. The fourth-order valence-corrected chi connectivity index (χ4v) is 4.90. The molecule has 36 heavy (non-hydrogen) atoms. The van der Waals surface area contributed by atoms with Gasteiger partial charge in [-0.15, -0.1) is 0 Å². The predicted octanol–water partition coefficient (Wildman–Crippen LogP) is 6.36. The van der Waals surface area contributed by atoms with Crippen LogP contribution in [0.4, 0.5) is 10.1 Å². The molecule has 3 aromatic rings. The smallest absolute Gasteiger partial charge is 0.265 e. The lowest BCUT2D eigenvalue weighted by atomic mass is 10.1. The van der Waals surface area contributed by atoms with Crippen LogP contribution in [0.3, 0.4) is 0 Å². The second kappa shape index (κ2) is 11.9. The van der Waals surface area contributed by atoms with E-state index in [0.29, 0.717) is 22.8 Å². The third kappa shape index (κ3) is 6.15. The maximum absolute atomic E-state index is 14.2. The highest BCUT2D eigenvalue weighted by atomic mass is 32.2. The van der Waals surface area contributed by atoms with Crippen LogP contribution in [0.1, 0.15) is 43.9 Å². The number of unbranched alkanes of at least 4 members (excludes halogenated alkanes) is 1. The summed E-state index contributed by atoms with van der Waals surface area (Å²) in [5.74, 6) is -0.227. The number of nitrogens with zero attached hydrogens (tertiary/aromatic N) is 1. The highest BCUT2D eigenvalue weighted by Crippen LogP contribution is 2.42. The van der Waals surface area contributed by atoms with Gasteiger partial charge in [0.1, 0.15) is 18.1 Å². The summed E-state index contributed by atoms with van der Waals surface area (Å²) in [6.07, 6.45) is 3.61. The number of amides is 2. The van der Waals surface area contributed by atoms with Crippen LogP contribution in [-0.2, 0) is 9.59 Å². The number of fused-ring (bicyclic) bond motifs is 1. The Hall–Kier alpha value is -3.58. The van der Waals surface area contributed by atoms with Crippen molar-refractivity contribution in [1.29, 1.82) is 0 Å². The summed E-state index contributed by atoms with van der Waals surface area (Å²) in [6.45, 7) is 4.55. The van der Waals surface area contributed by atoms with Crippen molar-refractivity contribution in [3.63, 3.8) is 0 Å². The highest BCUT2D eigenvalue weighted by molar-refractivity contribution is 8.04. The summed E-state index contributed by atoms with van der Waals surface area (Å²) in [5, 5.41) is 2.98. The number of rotatable bonds is 9. The molecule has 1 unspecified atom stereocenters. The fraction of sp³-hybridized carbons (Fsp3) is 0.241. The SMILES string of the molecule is CCCCOc1ccc(C(C)NC(=O)CN2C(=O)C(=Cc3ccccc3F)Sc3ccccc32)cc1. The van der Waals surface area contributed by atoms with E-state index >= 15 is 0 Å². The maximum Gasteiger partial charge on any atom is 0.265 e. The van der Waals surface area contributed by atoms with E-state index in [0.717, 1.165) is 29.1 Å². The van der Waals surface area contributed by atoms with Crippen molar-refractivity contribution in [1.82, 2.24) is 5.32 Å². The van der Waals surface area contributed by atoms with Crippen molar-refractivity contribution < 1.29 is 18.7 Å². The number of halogens is 1. The molecule has 0 aromatic heterocycles. The molecule has 1 N–H and O–H groups in total. The van der Waals surface area contributed by atoms with Gasteiger partial charge >= 0.3 is 0 Å². The van der Waals surface area contributed by atoms with E-state index in [1.54, 1.807) is 18.2 Å². The normalized spacial score (nSPS) is 14.9. The molecular weight excluding hydrogens is 475 g/mol. The van der Waals surface area contributed by atoms with Crippen LogP contribution in [0.5, 0.6) is 5.75 Å². The van der Waals surface area contributed by atoms with Crippen molar-refractivity contribution in [2.45, 2.75) is 37.6 Å². The minimum Gasteiger partial charge on any atom is -0.494 e. The maximum atomic E-state index is 14.2. The Morgan fingerprint density at radius 1 is 1.08 bits per heavy atom. The number of carbonyl (C=O) groups is 2. The standard InChI is InChI=1S/C29H29FN2O3S/c1-3-4-17-35-23-15-13-21(14-16-23)20(2)31-28(33)19-32-25-11-7-8-12-26(25)36-27(29(32)34)18-22-9-5-6-10-24(22)30/h5-16,18,20H,3-4,17,19H2,1-2H3,(H,31,33). The van der Waals surface area contributed by atoms with Gasteiger partial charge in [0, 0.05) is 10.5 Å². The molecule has 1 aliphatic rings. The van der Waals surface area contributed by atoms with Crippen molar-refractivity contribution in [3.8, 4) is 5.75 Å². The molecule has 0 radical (unpaired) electrons. The summed E-state index contributed by atoms with van der Waals surface area (Å²) >= 11 is 1.28. The summed E-state index contributed by atoms with van der Waals surface area (Å²) in [4.78, 5) is 29.0. The summed E-state index contributed by atoms with van der Waals surface area (Å²) in [5.41, 5.74) is 1.93. The zero-order chi connectivity index (χ0) is 25.5. The van der Waals surface area contributed by atoms with Crippen molar-refractivity contribution in [2.24, 2.45) is 0 Å². The van der Waals surface area contributed by atoms with Crippen LogP contribution >= 0.6 is 11.8 Å². The second-order valence-electron chi connectivity index (χ2n) is 8.55. The first-order valence-corrected chi connectivity index (χ1v) is 12.8. The molecule has 186 valence electrons. The van der Waals surface area contributed by atoms with Gasteiger partial charge in [0.15, 0.2) is 0 Å². The van der Waals surface area contributed by atoms with E-state index in [2.05, 4.69) is 12.2 Å². The summed E-state index contributed by atoms with van der Waals surface area (Å²) < 4.78 is 19.9. The zero-order valence-electron chi connectivity index (χ0n) is 20.4. The quantitative estimate of drug-likeness (QED) is 0.272. The van der Waals surface area contributed by atoms with Crippen molar-refractivity contribution in [3.05, 3.63) is 94.6 Å². The van der Waals surface area contributed by atoms with Gasteiger partial charge < -0.3 is 10.1 Å². The van der Waals surface area contributed by atoms with Crippen LogP contribution in [-0.4, -0.2) is 25.0 Å². The van der Waals surface area contributed by atoms with E-state index < -0.39 is 5.82 Å². The molecule has 5 nitrogen and oxygen atoms in total. The molecule has 4 rings (SSSR count). The van der Waals surface area contributed by atoms with Gasteiger partial charge in [-0.1, -0.05) is 67.6 Å². The first-order valence-electron chi connectivity index (χ1n) is 12.0. The molecule has 1 heterocycles. The Morgan fingerprint density at radius 3 is 2.56 bits per heavy atom. The second-order valence-corrected chi connectivity index (χ2v) is 9.64. The average molecular weight is 505 g/mol. The van der Waals surface area contributed by atoms with Gasteiger partial charge in [0.25, 0.3) is 5.91 Å².